The van der Waals surface area contributed by atoms with Gasteiger partial charge in [-0.2, -0.15) is 0 Å². The number of carbonyl (C=O) groups is 2. The molecule has 9 nitrogen and oxygen atoms in total. The highest BCUT2D eigenvalue weighted by Gasteiger charge is 2.41. The van der Waals surface area contributed by atoms with Crippen LogP contribution in [-0.4, -0.2) is 95.1 Å². The maximum Gasteiger partial charge on any atom is 0.233 e. The summed E-state index contributed by atoms with van der Waals surface area (Å²) in [7, 11) is 0. The quantitative estimate of drug-likeness (QED) is 0.348. The third-order valence-electron chi connectivity index (χ3n) is 6.84. The predicted molar refractivity (Wildman–Crippen MR) is 124 cm³/mol. The first-order valence-corrected chi connectivity index (χ1v) is 13.1. The number of nitrogens with zero attached hydrogens (tertiary/aromatic N) is 5. The molecule has 2 amide bonds. The molecule has 4 aliphatic rings. The number of likely N-dealkylation sites (tertiary alicyclic amines) is 1. The number of rotatable bonds is 5. The Morgan fingerprint density at radius 2 is 1.88 bits per heavy atom. The summed E-state index contributed by atoms with van der Waals surface area (Å²) in [5.74, 6) is 1.09. The van der Waals surface area contributed by atoms with Crippen LogP contribution in [-0.2, 0) is 19.1 Å². The Hall–Kier alpha value is -1.62. The van der Waals surface area contributed by atoms with E-state index in [2.05, 4.69) is 21.8 Å². The zero-order valence-electron chi connectivity index (χ0n) is 18.9. The summed E-state index contributed by atoms with van der Waals surface area (Å²) in [6.45, 7) is 6.68. The van der Waals surface area contributed by atoms with E-state index in [4.69, 9.17) is 21.1 Å². The van der Waals surface area contributed by atoms with Crippen LogP contribution in [0.2, 0.25) is 5.15 Å². The van der Waals surface area contributed by atoms with Crippen molar-refractivity contribution in [2.45, 2.75) is 49.6 Å². The predicted octanol–water partition coefficient (Wildman–Crippen LogP) is 2.03. The first-order valence-electron chi connectivity index (χ1n) is 11.7. The molecule has 1 atom stereocenters. The molecule has 1 aromatic rings. The lowest BCUT2D eigenvalue weighted by Gasteiger charge is -2.40. The second kappa shape index (κ2) is 9.56. The zero-order chi connectivity index (χ0) is 23.0. The number of carbonyl (C=O) groups excluding carboxylic acids is 2. The van der Waals surface area contributed by atoms with Crippen molar-refractivity contribution in [3.05, 3.63) is 11.2 Å². The molecular formula is C22H30ClN5O4S. The number of piperazine rings is 1. The van der Waals surface area contributed by atoms with E-state index in [1.807, 2.05) is 9.80 Å². The first-order chi connectivity index (χ1) is 15.9. The SMILES string of the molecule is CC1CN(c2cc(Cl)nc(SCC(=O)N3CCC4(CC3)OCCO4)n2)CCN1C(=O)C1CC1. The minimum absolute atomic E-state index is 0.0544. The number of anilines is 1. The standard InChI is InChI=1S/C22H30ClN5O4S/c1-15-13-27(8-9-28(15)20(30)16-2-3-16)18-12-17(23)24-21(25-18)33-14-19(29)26-6-4-22(5-7-26)31-10-11-32-22/h12,15-16H,2-11,13-14H2,1H3. The Labute approximate surface area is 203 Å². The lowest BCUT2D eigenvalue weighted by Crippen LogP contribution is -2.54. The van der Waals surface area contributed by atoms with Crippen LogP contribution in [0.3, 0.4) is 0 Å². The number of halogens is 1. The van der Waals surface area contributed by atoms with E-state index in [0.717, 1.165) is 18.7 Å². The number of aromatic nitrogens is 2. The summed E-state index contributed by atoms with van der Waals surface area (Å²) in [5.41, 5.74) is 0. The van der Waals surface area contributed by atoms with E-state index in [9.17, 15) is 9.59 Å². The van der Waals surface area contributed by atoms with Gasteiger partial charge in [-0.25, -0.2) is 9.97 Å². The Morgan fingerprint density at radius 1 is 1.15 bits per heavy atom. The second-order valence-electron chi connectivity index (χ2n) is 9.21. The summed E-state index contributed by atoms with van der Waals surface area (Å²) in [6.07, 6.45) is 3.45. The highest BCUT2D eigenvalue weighted by molar-refractivity contribution is 7.99. The van der Waals surface area contributed by atoms with E-state index in [-0.39, 0.29) is 29.5 Å². The molecule has 5 rings (SSSR count). The molecule has 3 saturated heterocycles. The lowest BCUT2D eigenvalue weighted by atomic mass is 10.0. The third kappa shape index (κ3) is 5.23. The van der Waals surface area contributed by atoms with Crippen molar-refractivity contribution in [2.75, 3.05) is 56.6 Å². The zero-order valence-corrected chi connectivity index (χ0v) is 20.4. The maximum absolute atomic E-state index is 12.7. The van der Waals surface area contributed by atoms with Gasteiger partial charge in [-0.05, 0) is 19.8 Å². The van der Waals surface area contributed by atoms with Crippen LogP contribution in [0, 0.1) is 5.92 Å². The Balaban J connectivity index is 1.15. The first kappa shape index (κ1) is 23.1. The second-order valence-corrected chi connectivity index (χ2v) is 10.5. The van der Waals surface area contributed by atoms with Crippen LogP contribution in [0.4, 0.5) is 5.82 Å². The van der Waals surface area contributed by atoms with Crippen LogP contribution >= 0.6 is 23.4 Å². The molecule has 1 aromatic heterocycles. The molecule has 1 unspecified atom stereocenters. The van der Waals surface area contributed by atoms with Crippen LogP contribution in [0.1, 0.15) is 32.6 Å². The van der Waals surface area contributed by atoms with Crippen molar-refractivity contribution in [3.63, 3.8) is 0 Å². The Bertz CT molecular complexity index is 901. The molecule has 33 heavy (non-hydrogen) atoms. The molecule has 3 aliphatic heterocycles. The average molecular weight is 496 g/mol. The lowest BCUT2D eigenvalue weighted by molar-refractivity contribution is -0.186. The third-order valence-corrected chi connectivity index (χ3v) is 7.86. The minimum atomic E-state index is -0.487. The fourth-order valence-electron chi connectivity index (χ4n) is 4.77. The molecule has 1 saturated carbocycles. The van der Waals surface area contributed by atoms with Gasteiger partial charge in [-0.3, -0.25) is 9.59 Å². The van der Waals surface area contributed by atoms with Crippen molar-refractivity contribution in [2.24, 2.45) is 5.92 Å². The van der Waals surface area contributed by atoms with Gasteiger partial charge in [0.1, 0.15) is 11.0 Å². The van der Waals surface area contributed by atoms with Crippen LogP contribution in [0.25, 0.3) is 0 Å². The fourth-order valence-corrected chi connectivity index (χ4v) is 5.75. The molecule has 0 aromatic carbocycles. The van der Waals surface area contributed by atoms with E-state index >= 15 is 0 Å². The molecule has 11 heteroatoms. The summed E-state index contributed by atoms with van der Waals surface area (Å²) < 4.78 is 11.5. The molecule has 0 N–H and O–H groups in total. The van der Waals surface area contributed by atoms with E-state index in [0.29, 0.717) is 69.1 Å². The van der Waals surface area contributed by atoms with Crippen molar-refractivity contribution in [1.82, 2.24) is 19.8 Å². The Morgan fingerprint density at radius 3 is 2.55 bits per heavy atom. The molecular weight excluding hydrogens is 466 g/mol. The summed E-state index contributed by atoms with van der Waals surface area (Å²) in [5, 5.41) is 0.848. The van der Waals surface area contributed by atoms with Crippen molar-refractivity contribution < 1.29 is 19.1 Å². The largest absolute Gasteiger partial charge is 0.353 e. The normalized spacial score (nSPS) is 25.0. The minimum Gasteiger partial charge on any atom is -0.353 e. The summed E-state index contributed by atoms with van der Waals surface area (Å²) in [6, 6.07) is 1.87. The van der Waals surface area contributed by atoms with Gasteiger partial charge < -0.3 is 24.2 Å². The number of thioether (sulfide) groups is 1. The van der Waals surface area contributed by atoms with Gasteiger partial charge in [0.05, 0.1) is 19.0 Å². The number of piperidine rings is 1. The molecule has 0 radical (unpaired) electrons. The van der Waals surface area contributed by atoms with Crippen LogP contribution in [0.5, 0.6) is 0 Å². The average Bonchev–Trinajstić information content (AvgIpc) is 3.57. The van der Waals surface area contributed by atoms with Crippen LogP contribution in [0.15, 0.2) is 11.2 Å². The highest BCUT2D eigenvalue weighted by atomic mass is 35.5. The van der Waals surface area contributed by atoms with Crippen LogP contribution < -0.4 is 4.90 Å². The van der Waals surface area contributed by atoms with Gasteiger partial charge in [0.15, 0.2) is 10.9 Å². The van der Waals surface area contributed by atoms with Crippen molar-refractivity contribution in [3.8, 4) is 0 Å². The fraction of sp³-hybridized carbons (Fsp3) is 0.727. The van der Waals surface area contributed by atoms with Gasteiger partial charge in [-0.1, -0.05) is 23.4 Å². The smallest absolute Gasteiger partial charge is 0.233 e. The maximum atomic E-state index is 12.7. The summed E-state index contributed by atoms with van der Waals surface area (Å²) in [4.78, 5) is 40.2. The molecule has 180 valence electrons. The van der Waals surface area contributed by atoms with Gasteiger partial charge in [-0.15, -0.1) is 0 Å². The van der Waals surface area contributed by atoms with Gasteiger partial charge in [0, 0.05) is 63.6 Å². The van der Waals surface area contributed by atoms with E-state index in [1.54, 1.807) is 6.07 Å². The molecule has 1 spiro atoms. The van der Waals surface area contributed by atoms with Gasteiger partial charge >= 0.3 is 0 Å². The number of amides is 2. The number of hydrogen-bond acceptors (Lipinski definition) is 8. The van der Waals surface area contributed by atoms with Crippen molar-refractivity contribution in [1.29, 1.82) is 0 Å². The number of hydrogen-bond donors (Lipinski definition) is 0. The number of ether oxygens (including phenoxy) is 2. The van der Waals surface area contributed by atoms with E-state index in [1.165, 1.54) is 11.8 Å². The van der Waals surface area contributed by atoms with E-state index < -0.39 is 5.79 Å². The molecule has 0 bridgehead atoms. The van der Waals surface area contributed by atoms with Crippen molar-refractivity contribution >= 4 is 41.0 Å². The van der Waals surface area contributed by atoms with Gasteiger partial charge in [0.25, 0.3) is 0 Å². The molecule has 4 heterocycles. The van der Waals surface area contributed by atoms with Gasteiger partial charge in [0.2, 0.25) is 11.8 Å². The topological polar surface area (TPSA) is 88.1 Å². The summed E-state index contributed by atoms with van der Waals surface area (Å²) >= 11 is 7.59. The Kier molecular flexibility index (Phi) is 6.70. The molecule has 1 aliphatic carbocycles. The molecule has 4 fully saturated rings. The highest BCUT2D eigenvalue weighted by Crippen LogP contribution is 2.33. The monoisotopic (exact) mass is 495 g/mol.